The molecule has 83 heavy (non-hydrogen) atoms. The number of aromatic hydroxyl groups is 2. The van der Waals surface area contributed by atoms with E-state index >= 15 is 0 Å². The van der Waals surface area contributed by atoms with Gasteiger partial charge in [0.2, 0.25) is 23.6 Å². The third-order valence-electron chi connectivity index (χ3n) is 12.7. The van der Waals surface area contributed by atoms with E-state index in [1.165, 1.54) is 47.7 Å². The predicted molar refractivity (Wildman–Crippen MR) is 310 cm³/mol. The van der Waals surface area contributed by atoms with Crippen molar-refractivity contribution in [3.8, 4) is 11.5 Å². The molecule has 1 fully saturated rings. The number of carboxylic acid groups (broad SMARTS) is 1. The van der Waals surface area contributed by atoms with Gasteiger partial charge in [0.25, 0.3) is 11.8 Å². The number of aliphatic hydroxyl groups is 2. The third kappa shape index (κ3) is 19.7. The number of fused-ring (bicyclic) bond motifs is 2. The maximum absolute atomic E-state index is 13.1. The Kier molecular flexibility index (Phi) is 29.3. The van der Waals surface area contributed by atoms with Crippen LogP contribution in [0.4, 0.5) is 22.7 Å². The molecular weight excluding hydrogens is 1080 g/mol. The molecule has 0 radical (unpaired) electrons. The minimum absolute atomic E-state index is 0. The van der Waals surface area contributed by atoms with E-state index in [9.17, 15) is 68.1 Å². The van der Waals surface area contributed by atoms with E-state index < -0.39 is 92.0 Å². The van der Waals surface area contributed by atoms with Gasteiger partial charge in [-0.1, -0.05) is 46.5 Å². The maximum Gasteiger partial charge on any atom is 0.308 e. The normalized spacial score (nSPS) is 17.0. The molecule has 6 amide bonds. The summed E-state index contributed by atoms with van der Waals surface area (Å²) in [4.78, 5) is 135. The number of likely N-dealkylation sites (N-methyl/N-ethyl adjacent to an activating group) is 2. The number of carboxylic acids is 1. The molecule has 0 bridgehead atoms. The molecule has 5 atom stereocenters. The molecule has 452 valence electrons. The van der Waals surface area contributed by atoms with Crippen LogP contribution in [0.2, 0.25) is 0 Å². The van der Waals surface area contributed by atoms with Crippen molar-refractivity contribution in [3.63, 3.8) is 0 Å². The van der Waals surface area contributed by atoms with E-state index in [2.05, 4.69) is 21.3 Å². The highest BCUT2D eigenvalue weighted by Gasteiger charge is 2.39. The Labute approximate surface area is 482 Å². The summed E-state index contributed by atoms with van der Waals surface area (Å²) in [5.41, 5.74) is 4.20. The molecule has 3 heterocycles. The van der Waals surface area contributed by atoms with Gasteiger partial charge in [-0.3, -0.25) is 57.7 Å². The molecule has 1 unspecified atom stereocenters. The van der Waals surface area contributed by atoms with Gasteiger partial charge in [-0.25, -0.2) is 0 Å². The highest BCUT2D eigenvalue weighted by molar-refractivity contribution is 6.11. The van der Waals surface area contributed by atoms with Gasteiger partial charge in [-0.2, -0.15) is 0 Å². The van der Waals surface area contributed by atoms with Crippen LogP contribution in [0.5, 0.6) is 11.5 Å². The van der Waals surface area contributed by atoms with Crippen LogP contribution in [0, 0.1) is 13.8 Å². The summed E-state index contributed by atoms with van der Waals surface area (Å²) < 4.78 is 5.04. The molecule has 0 saturated carbocycles. The van der Waals surface area contributed by atoms with E-state index in [-0.39, 0.29) is 89.0 Å². The molecule has 3 aliphatic rings. The minimum Gasteiger partial charge on any atom is -0.508 e. The molecule has 4 aromatic rings. The molecule has 0 spiro atoms. The Bertz CT molecular complexity index is 2930. The van der Waals surface area contributed by atoms with E-state index in [1.807, 2.05) is 0 Å². The molecule has 3 aliphatic heterocycles. The second kappa shape index (κ2) is 33.7. The number of aryl methyl sites for hydroxylation is 2. The first-order valence-electron chi connectivity index (χ1n) is 24.9. The number of rotatable bonds is 15. The number of carbonyl (C=O) groups is 11. The number of nitrogens with one attached hydrogen (secondary N) is 4. The van der Waals surface area contributed by atoms with Crippen molar-refractivity contribution in [2.24, 2.45) is 0 Å². The number of phenols is 2. The zero-order valence-electron chi connectivity index (χ0n) is 45.1. The number of amides is 6. The lowest BCUT2D eigenvalue weighted by molar-refractivity contribution is -0.141. The van der Waals surface area contributed by atoms with Gasteiger partial charge in [-0.15, -0.1) is 0 Å². The number of Topliss-reactive ketones (excluding diaryl/α,β-unsaturated/α-hetero) is 2. The quantitative estimate of drug-likeness (QED) is 0.0469. The molecule has 1 saturated heterocycles. The zero-order valence-corrected chi connectivity index (χ0v) is 45.1. The lowest BCUT2D eigenvalue weighted by atomic mass is 10.0. The van der Waals surface area contributed by atoms with Gasteiger partial charge in [0, 0.05) is 11.1 Å². The van der Waals surface area contributed by atoms with Crippen LogP contribution in [0.25, 0.3) is 0 Å². The average Bonchev–Trinajstić information content (AvgIpc) is 3.92. The van der Waals surface area contributed by atoms with Crippen molar-refractivity contribution in [2.75, 3.05) is 73.1 Å². The van der Waals surface area contributed by atoms with Crippen LogP contribution in [0.15, 0.2) is 84.9 Å². The van der Waals surface area contributed by atoms with E-state index in [1.54, 1.807) is 101 Å². The Morgan fingerprint density at radius 1 is 0.663 bits per heavy atom. The molecule has 0 aromatic heterocycles. The largest absolute Gasteiger partial charge is 0.508 e. The standard InChI is InChI=1S/C19H24N4O6.C18H22N4O7.C10H12O2.C8H8O2.3CH4/c1-11-12(7-18(27)29-11)21-16(25)9-23-15-6-4-3-5-14(15)22(17(26)10-24)8-13(20-2)19(23)28;1-19-12-7-21(16(26)10-24)13-4-2-3-5-14(13)22(18(12)29)8-15(25)20-11(9-23)6-17(27)28;1-6-4-9(8(3)11)5-7(2)10(6)12;1-6(9)7-2-4-8(10)5-3-7;;;/h3-6,11-13,20,24H,7-10H2,1-2H3,(H,21,25);2-5,9,11-12,19,24H,6-8,10H2,1H3,(H,20,25)(H,27,28);4-5,12H,1-3H3;2-5,10H,1H3;3*1H4/t11?,12-,13-;11-,12-;;;;;/m00...../s1. The van der Waals surface area contributed by atoms with Gasteiger partial charge in [0.15, 0.2) is 11.6 Å². The number of nitrogens with zero attached hydrogens (tertiary/aromatic N) is 4. The Hall–Kier alpha value is -8.91. The number of esters is 1. The first kappa shape index (κ1) is 72.1. The van der Waals surface area contributed by atoms with Crippen LogP contribution < -0.4 is 40.9 Å². The molecule has 4 aromatic carbocycles. The number of phenolic OH excluding ortho intramolecular Hbond substituents is 2. The Balaban J connectivity index is 0.000000596. The first-order chi connectivity index (χ1) is 37.9. The molecule has 0 aliphatic carbocycles. The van der Waals surface area contributed by atoms with Gasteiger partial charge < -0.3 is 66.1 Å². The fourth-order valence-corrected chi connectivity index (χ4v) is 8.39. The number of benzene rings is 4. The van der Waals surface area contributed by atoms with Crippen molar-refractivity contribution in [1.82, 2.24) is 21.3 Å². The summed E-state index contributed by atoms with van der Waals surface area (Å²) in [6, 6.07) is 19.4. The smallest absolute Gasteiger partial charge is 0.308 e. The van der Waals surface area contributed by atoms with E-state index in [4.69, 9.17) is 14.9 Å². The van der Waals surface area contributed by atoms with Crippen molar-refractivity contribution in [2.45, 2.75) is 100 Å². The maximum atomic E-state index is 13.1. The van der Waals surface area contributed by atoms with E-state index in [0.717, 1.165) is 16.0 Å². The number of ketones is 2. The topological polar surface area (TPSA) is 359 Å². The number of ether oxygens (including phenoxy) is 1. The molecule has 7 rings (SSSR count). The van der Waals surface area contributed by atoms with Crippen LogP contribution >= 0.6 is 0 Å². The van der Waals surface area contributed by atoms with Crippen molar-refractivity contribution >= 4 is 88.0 Å². The number of anilines is 4. The number of para-hydroxylation sites is 4. The van der Waals surface area contributed by atoms with Crippen LogP contribution in [0.1, 0.15) is 87.7 Å². The van der Waals surface area contributed by atoms with Gasteiger partial charge in [0.05, 0.1) is 60.8 Å². The average molecular weight is 1160 g/mol. The fraction of sp³-hybridized carbons (Fsp3) is 0.397. The van der Waals surface area contributed by atoms with Gasteiger partial charge in [0.1, 0.15) is 62.3 Å². The Morgan fingerprint density at radius 3 is 1.45 bits per heavy atom. The molecule has 25 nitrogen and oxygen atoms in total. The molecule has 9 N–H and O–H groups in total. The number of aliphatic hydroxyl groups excluding tert-OH is 2. The second-order valence-corrected chi connectivity index (χ2v) is 18.4. The summed E-state index contributed by atoms with van der Waals surface area (Å²) in [5, 5.41) is 56.3. The number of carbonyl (C=O) groups excluding carboxylic acids is 10. The monoisotopic (exact) mass is 1160 g/mol. The van der Waals surface area contributed by atoms with Crippen LogP contribution in [0.3, 0.4) is 0 Å². The summed E-state index contributed by atoms with van der Waals surface area (Å²) in [7, 11) is 3.11. The number of hydrogen-bond donors (Lipinski definition) is 9. The van der Waals surface area contributed by atoms with Crippen molar-refractivity contribution < 1.29 is 83.0 Å². The molecular formula is C58H78N8O17. The van der Waals surface area contributed by atoms with Gasteiger partial charge >= 0.3 is 11.9 Å². The fourth-order valence-electron chi connectivity index (χ4n) is 8.39. The van der Waals surface area contributed by atoms with Gasteiger partial charge in [-0.05, 0) is 121 Å². The van der Waals surface area contributed by atoms with Crippen LogP contribution in [-0.4, -0.2) is 175 Å². The zero-order chi connectivity index (χ0) is 59.5. The number of aliphatic carboxylic acids is 1. The summed E-state index contributed by atoms with van der Waals surface area (Å²) in [6.45, 7) is 6.01. The number of cyclic esters (lactones) is 1. The lowest BCUT2D eigenvalue weighted by Crippen LogP contribution is -2.53. The Morgan fingerprint density at radius 2 is 1.08 bits per heavy atom. The minimum atomic E-state index is -1.26. The third-order valence-corrected chi connectivity index (χ3v) is 12.7. The van der Waals surface area contributed by atoms with Crippen molar-refractivity contribution in [3.05, 3.63) is 107 Å². The molecule has 25 heteroatoms. The lowest BCUT2D eigenvalue weighted by Gasteiger charge is -2.25. The predicted octanol–water partition coefficient (Wildman–Crippen LogP) is 2.59. The number of aldehydes is 1. The summed E-state index contributed by atoms with van der Waals surface area (Å²) in [5.74, 6) is -4.35. The highest BCUT2D eigenvalue weighted by atomic mass is 16.6. The highest BCUT2D eigenvalue weighted by Crippen LogP contribution is 2.34. The van der Waals surface area contributed by atoms with E-state index in [0.29, 0.717) is 34.5 Å². The summed E-state index contributed by atoms with van der Waals surface area (Å²) >= 11 is 0. The van der Waals surface area contributed by atoms with Crippen molar-refractivity contribution in [1.29, 1.82) is 0 Å². The second-order valence-electron chi connectivity index (χ2n) is 18.4. The summed E-state index contributed by atoms with van der Waals surface area (Å²) in [6.07, 6.45) is -0.642. The SMILES string of the molecule is C.C.C.CC(=O)c1cc(C)c(O)c(C)c1.CC(=O)c1ccc(O)cc1.CN[C@H]1CN(C(=O)CO)c2ccccc2N(CC(=O)N[C@H](C=O)CC(=O)O)C1=O.CN[C@H]1CN(C(=O)CO)c2ccccc2N(CC(=O)N[C@H]2CC(=O)OC2C)C1=O. The first-order valence-corrected chi connectivity index (χ1v) is 24.9. The number of hydrogen-bond acceptors (Lipinski definition) is 18. The van der Waals surface area contributed by atoms with Crippen LogP contribution in [-0.2, 0) is 47.9 Å².